The molecule has 0 aromatic heterocycles. The van der Waals surface area contributed by atoms with Crippen LogP contribution in [0.4, 0.5) is 8.78 Å². The Balaban J connectivity index is 2.25. The Morgan fingerprint density at radius 2 is 2.00 bits per heavy atom. The second-order valence-electron chi connectivity index (χ2n) is 6.52. The molecule has 1 aromatic rings. The number of hydrogen-bond acceptors (Lipinski definition) is 4. The number of amides is 1. The molecule has 1 unspecified atom stereocenters. The smallest absolute Gasteiger partial charge is 0.240 e. The summed E-state index contributed by atoms with van der Waals surface area (Å²) in [6, 6.07) is 2.27. The predicted molar refractivity (Wildman–Crippen MR) is 81.2 cm³/mol. The number of nitrogens with zero attached hydrogens (tertiary/aromatic N) is 1. The first-order valence-electron chi connectivity index (χ1n) is 7.33. The summed E-state index contributed by atoms with van der Waals surface area (Å²) in [7, 11) is 0. The third kappa shape index (κ3) is 4.04. The largest absolute Gasteiger partial charge is 0.487 e. The lowest BCUT2D eigenvalue weighted by Gasteiger charge is -2.23. The number of halogens is 2. The first-order valence-corrected chi connectivity index (χ1v) is 7.33. The second-order valence-corrected chi connectivity index (χ2v) is 6.52. The number of ether oxygens (including phenoxy) is 1. The van der Waals surface area contributed by atoms with Crippen molar-refractivity contribution in [2.45, 2.75) is 27.2 Å². The lowest BCUT2D eigenvalue weighted by molar-refractivity contribution is -0.121. The summed E-state index contributed by atoms with van der Waals surface area (Å²) in [6.07, 6.45) is 0.213. The van der Waals surface area contributed by atoms with Crippen LogP contribution >= 0.6 is 0 Å². The SMILES string of the molecule is CC1CC(=O)NN=C1c1cc(F)c(OCC(C)(C)CO)c(F)c1. The average Bonchev–Trinajstić information content (AvgIpc) is 2.46. The summed E-state index contributed by atoms with van der Waals surface area (Å²) in [4.78, 5) is 11.2. The van der Waals surface area contributed by atoms with Crippen LogP contribution < -0.4 is 10.2 Å². The van der Waals surface area contributed by atoms with Crippen LogP contribution in [0.15, 0.2) is 17.2 Å². The van der Waals surface area contributed by atoms with Gasteiger partial charge in [-0.05, 0) is 12.1 Å². The van der Waals surface area contributed by atoms with Crippen molar-refractivity contribution in [2.24, 2.45) is 16.4 Å². The van der Waals surface area contributed by atoms with E-state index in [2.05, 4.69) is 10.5 Å². The average molecular weight is 326 g/mol. The lowest BCUT2D eigenvalue weighted by Crippen LogP contribution is -2.32. The quantitative estimate of drug-likeness (QED) is 0.871. The Hall–Kier alpha value is -2.02. The highest BCUT2D eigenvalue weighted by molar-refractivity contribution is 6.05. The molecule has 2 N–H and O–H groups in total. The van der Waals surface area contributed by atoms with Gasteiger partial charge in [-0.1, -0.05) is 20.8 Å². The fourth-order valence-corrected chi connectivity index (χ4v) is 2.16. The molecule has 0 bridgehead atoms. The molecule has 1 heterocycles. The molecular weight excluding hydrogens is 306 g/mol. The third-order valence-corrected chi connectivity index (χ3v) is 3.59. The van der Waals surface area contributed by atoms with Crippen molar-refractivity contribution in [2.75, 3.05) is 13.2 Å². The van der Waals surface area contributed by atoms with E-state index in [-0.39, 0.29) is 37.0 Å². The highest BCUT2D eigenvalue weighted by Crippen LogP contribution is 2.28. The molecular formula is C16H20F2N2O3. The number of aliphatic hydroxyl groups is 1. The topological polar surface area (TPSA) is 70.9 Å². The molecule has 23 heavy (non-hydrogen) atoms. The number of carbonyl (C=O) groups excluding carboxylic acids is 1. The molecule has 0 aliphatic carbocycles. The Morgan fingerprint density at radius 1 is 1.39 bits per heavy atom. The maximum Gasteiger partial charge on any atom is 0.240 e. The minimum atomic E-state index is -0.847. The van der Waals surface area contributed by atoms with E-state index in [1.807, 2.05) is 0 Å². The number of hydrogen-bond donors (Lipinski definition) is 2. The van der Waals surface area contributed by atoms with Crippen LogP contribution in [0.3, 0.4) is 0 Å². The van der Waals surface area contributed by atoms with Gasteiger partial charge in [0.1, 0.15) is 0 Å². The maximum absolute atomic E-state index is 14.2. The van der Waals surface area contributed by atoms with Gasteiger partial charge in [-0.15, -0.1) is 0 Å². The molecule has 1 atom stereocenters. The fraction of sp³-hybridized carbons (Fsp3) is 0.500. The van der Waals surface area contributed by atoms with Gasteiger partial charge in [-0.3, -0.25) is 4.79 Å². The van der Waals surface area contributed by atoms with Gasteiger partial charge in [0.05, 0.1) is 18.9 Å². The molecule has 1 aromatic carbocycles. The van der Waals surface area contributed by atoms with Crippen LogP contribution in [-0.4, -0.2) is 29.9 Å². The van der Waals surface area contributed by atoms with Gasteiger partial charge >= 0.3 is 0 Å². The van der Waals surface area contributed by atoms with Crippen LogP contribution in [0.1, 0.15) is 32.8 Å². The van der Waals surface area contributed by atoms with Gasteiger partial charge in [0, 0.05) is 23.3 Å². The Bertz CT molecular complexity index is 621. The van der Waals surface area contributed by atoms with Crippen LogP contribution in [-0.2, 0) is 4.79 Å². The number of rotatable bonds is 5. The van der Waals surface area contributed by atoms with Gasteiger partial charge < -0.3 is 9.84 Å². The molecule has 0 saturated heterocycles. The molecule has 0 saturated carbocycles. The van der Waals surface area contributed by atoms with E-state index in [0.29, 0.717) is 5.71 Å². The van der Waals surface area contributed by atoms with Gasteiger partial charge in [0.25, 0.3) is 0 Å². The van der Waals surface area contributed by atoms with Gasteiger partial charge in [0.15, 0.2) is 17.4 Å². The van der Waals surface area contributed by atoms with Crippen molar-refractivity contribution in [1.82, 2.24) is 5.43 Å². The molecule has 7 heteroatoms. The molecule has 1 aliphatic rings. The van der Waals surface area contributed by atoms with E-state index in [1.54, 1.807) is 20.8 Å². The van der Waals surface area contributed by atoms with Crippen molar-refractivity contribution in [3.8, 4) is 5.75 Å². The Labute approximate surface area is 133 Å². The molecule has 0 fully saturated rings. The van der Waals surface area contributed by atoms with Crippen molar-refractivity contribution in [3.05, 3.63) is 29.3 Å². The van der Waals surface area contributed by atoms with Crippen LogP contribution in [0.25, 0.3) is 0 Å². The minimum absolute atomic E-state index is 0.0237. The monoisotopic (exact) mass is 326 g/mol. The van der Waals surface area contributed by atoms with Crippen LogP contribution in [0.2, 0.25) is 0 Å². The van der Waals surface area contributed by atoms with Crippen molar-refractivity contribution in [3.63, 3.8) is 0 Å². The van der Waals surface area contributed by atoms with E-state index in [4.69, 9.17) is 9.84 Å². The number of benzene rings is 1. The molecule has 1 aliphatic heterocycles. The summed E-state index contributed by atoms with van der Waals surface area (Å²) in [5.74, 6) is -2.64. The first-order chi connectivity index (χ1) is 10.7. The zero-order valence-electron chi connectivity index (χ0n) is 13.3. The Morgan fingerprint density at radius 3 is 2.52 bits per heavy atom. The molecule has 126 valence electrons. The number of carbonyl (C=O) groups is 1. The normalized spacial score (nSPS) is 18.4. The molecule has 0 spiro atoms. The standard InChI is InChI=1S/C16H20F2N2O3/c1-9-4-13(22)19-20-14(9)10-5-11(17)15(12(18)6-10)23-8-16(2,3)7-21/h5-6,9,21H,4,7-8H2,1-3H3,(H,19,22). The summed E-state index contributed by atoms with van der Waals surface area (Å²) in [5.41, 5.74) is 2.39. The van der Waals surface area contributed by atoms with Gasteiger partial charge in [-0.2, -0.15) is 5.10 Å². The summed E-state index contributed by atoms with van der Waals surface area (Å²) in [6.45, 7) is 5.02. The first kappa shape index (κ1) is 17.3. The number of aliphatic hydroxyl groups excluding tert-OH is 1. The lowest BCUT2D eigenvalue weighted by atomic mass is 9.94. The van der Waals surface area contributed by atoms with E-state index in [9.17, 15) is 13.6 Å². The van der Waals surface area contributed by atoms with Crippen molar-refractivity contribution >= 4 is 11.6 Å². The highest BCUT2D eigenvalue weighted by atomic mass is 19.1. The maximum atomic E-state index is 14.2. The predicted octanol–water partition coefficient (Wildman–Crippen LogP) is 2.22. The summed E-state index contributed by atoms with van der Waals surface area (Å²) < 4.78 is 33.5. The summed E-state index contributed by atoms with van der Waals surface area (Å²) >= 11 is 0. The molecule has 2 rings (SSSR count). The number of hydrazone groups is 1. The molecule has 5 nitrogen and oxygen atoms in total. The zero-order chi connectivity index (χ0) is 17.2. The van der Waals surface area contributed by atoms with E-state index in [0.717, 1.165) is 12.1 Å². The van der Waals surface area contributed by atoms with Crippen LogP contribution in [0, 0.1) is 23.0 Å². The zero-order valence-corrected chi connectivity index (χ0v) is 13.3. The van der Waals surface area contributed by atoms with Gasteiger partial charge in [0.2, 0.25) is 5.91 Å². The van der Waals surface area contributed by atoms with Crippen LogP contribution in [0.5, 0.6) is 5.75 Å². The highest BCUT2D eigenvalue weighted by Gasteiger charge is 2.25. The van der Waals surface area contributed by atoms with E-state index < -0.39 is 22.8 Å². The van der Waals surface area contributed by atoms with Crippen molar-refractivity contribution < 1.29 is 23.4 Å². The van der Waals surface area contributed by atoms with E-state index >= 15 is 0 Å². The van der Waals surface area contributed by atoms with Crippen molar-refractivity contribution in [1.29, 1.82) is 0 Å². The Kier molecular flexibility index (Phi) is 4.99. The van der Waals surface area contributed by atoms with Gasteiger partial charge in [-0.25, -0.2) is 14.2 Å². The summed E-state index contributed by atoms with van der Waals surface area (Å²) in [5, 5.41) is 13.0. The van der Waals surface area contributed by atoms with E-state index in [1.165, 1.54) is 0 Å². The number of nitrogens with one attached hydrogen (secondary N) is 1. The third-order valence-electron chi connectivity index (χ3n) is 3.59. The second kappa shape index (κ2) is 6.62. The minimum Gasteiger partial charge on any atom is -0.487 e. The fourth-order valence-electron chi connectivity index (χ4n) is 2.16. The molecule has 1 amide bonds. The molecule has 0 radical (unpaired) electrons.